The molecule has 1 aromatic carbocycles. The molecule has 1 aliphatic rings. The van der Waals surface area contributed by atoms with E-state index in [4.69, 9.17) is 0 Å². The lowest BCUT2D eigenvalue weighted by Gasteiger charge is -2.13. The van der Waals surface area contributed by atoms with E-state index in [-0.39, 0.29) is 4.75 Å². The van der Waals surface area contributed by atoms with Crippen LogP contribution in [0.3, 0.4) is 0 Å². The number of aliphatic hydroxyl groups excluding tert-OH is 1. The molecule has 14 heavy (non-hydrogen) atoms. The Balaban J connectivity index is 2.17. The summed E-state index contributed by atoms with van der Waals surface area (Å²) in [5, 5.41) is 9.24. The van der Waals surface area contributed by atoms with Crippen LogP contribution >= 0.6 is 11.8 Å². The summed E-state index contributed by atoms with van der Waals surface area (Å²) in [6, 6.07) is 6.52. The van der Waals surface area contributed by atoms with E-state index in [0.717, 1.165) is 12.8 Å². The number of benzene rings is 1. The predicted molar refractivity (Wildman–Crippen MR) is 60.8 cm³/mol. The van der Waals surface area contributed by atoms with E-state index in [0.29, 0.717) is 6.61 Å². The molecule has 1 aromatic rings. The minimum Gasteiger partial charge on any atom is -0.395 e. The highest BCUT2D eigenvalue weighted by Crippen LogP contribution is 2.51. The Kier molecular flexibility index (Phi) is 2.58. The molecule has 0 heterocycles. The average Bonchev–Trinajstić information content (AvgIpc) is 2.91. The molecule has 1 aliphatic carbocycles. The third-order valence-electron chi connectivity index (χ3n) is 2.75. The standard InChI is InChI=1S/C12H16OS/c1-9-3-4-11(10(2)7-9)14-12(8-13)5-6-12/h3-4,7,13H,5-6,8H2,1-2H3. The number of hydrogen-bond donors (Lipinski definition) is 1. The van der Waals surface area contributed by atoms with Crippen molar-refractivity contribution < 1.29 is 5.11 Å². The number of rotatable bonds is 3. The normalized spacial score (nSPS) is 18.2. The Labute approximate surface area is 89.5 Å². The smallest absolute Gasteiger partial charge is 0.0581 e. The summed E-state index contributed by atoms with van der Waals surface area (Å²) in [6.07, 6.45) is 2.31. The van der Waals surface area contributed by atoms with Crippen molar-refractivity contribution >= 4 is 11.8 Å². The lowest BCUT2D eigenvalue weighted by molar-refractivity contribution is 0.289. The molecule has 0 bridgehead atoms. The van der Waals surface area contributed by atoms with Crippen LogP contribution < -0.4 is 0 Å². The summed E-state index contributed by atoms with van der Waals surface area (Å²) in [6.45, 7) is 4.56. The summed E-state index contributed by atoms with van der Waals surface area (Å²) in [5.41, 5.74) is 2.63. The quantitative estimate of drug-likeness (QED) is 0.824. The topological polar surface area (TPSA) is 20.2 Å². The van der Waals surface area contributed by atoms with E-state index in [9.17, 15) is 5.11 Å². The summed E-state index contributed by atoms with van der Waals surface area (Å²) in [5.74, 6) is 0. The van der Waals surface area contributed by atoms with Gasteiger partial charge in [0.2, 0.25) is 0 Å². The molecule has 0 aromatic heterocycles. The van der Waals surface area contributed by atoms with Gasteiger partial charge in [-0.3, -0.25) is 0 Å². The fourth-order valence-electron chi connectivity index (χ4n) is 1.58. The molecule has 1 saturated carbocycles. The van der Waals surface area contributed by atoms with Gasteiger partial charge in [-0.25, -0.2) is 0 Å². The van der Waals surface area contributed by atoms with E-state index in [1.54, 1.807) is 0 Å². The first-order valence-electron chi connectivity index (χ1n) is 5.02. The molecule has 0 amide bonds. The average molecular weight is 208 g/mol. The van der Waals surface area contributed by atoms with Gasteiger partial charge in [0.25, 0.3) is 0 Å². The maximum atomic E-state index is 9.24. The predicted octanol–water partition coefficient (Wildman–Crippen LogP) is 2.92. The maximum Gasteiger partial charge on any atom is 0.0581 e. The molecule has 0 unspecified atom stereocenters. The molecule has 2 rings (SSSR count). The van der Waals surface area contributed by atoms with Crippen molar-refractivity contribution in [2.75, 3.05) is 6.61 Å². The summed E-state index contributed by atoms with van der Waals surface area (Å²) in [7, 11) is 0. The van der Waals surface area contributed by atoms with Gasteiger partial charge in [-0.2, -0.15) is 0 Å². The van der Waals surface area contributed by atoms with Crippen molar-refractivity contribution in [2.45, 2.75) is 36.3 Å². The zero-order valence-electron chi connectivity index (χ0n) is 8.71. The van der Waals surface area contributed by atoms with Gasteiger partial charge in [-0.05, 0) is 38.3 Å². The number of aryl methyl sites for hydroxylation is 2. The second-order valence-corrected chi connectivity index (χ2v) is 5.72. The fourth-order valence-corrected chi connectivity index (χ4v) is 2.77. The van der Waals surface area contributed by atoms with Crippen molar-refractivity contribution in [1.29, 1.82) is 0 Å². The molecule has 1 N–H and O–H groups in total. The fraction of sp³-hybridized carbons (Fsp3) is 0.500. The Hall–Kier alpha value is -0.470. The van der Waals surface area contributed by atoms with Crippen molar-refractivity contribution in [2.24, 2.45) is 0 Å². The van der Waals surface area contributed by atoms with E-state index in [1.807, 2.05) is 11.8 Å². The Bertz CT molecular complexity index is 342. The monoisotopic (exact) mass is 208 g/mol. The van der Waals surface area contributed by atoms with Crippen LogP contribution in [0.5, 0.6) is 0 Å². The van der Waals surface area contributed by atoms with Crippen molar-refractivity contribution in [3.63, 3.8) is 0 Å². The van der Waals surface area contributed by atoms with Gasteiger partial charge >= 0.3 is 0 Å². The van der Waals surface area contributed by atoms with Crippen LogP contribution in [0, 0.1) is 13.8 Å². The van der Waals surface area contributed by atoms with Crippen LogP contribution in [-0.2, 0) is 0 Å². The number of thioether (sulfide) groups is 1. The first-order valence-corrected chi connectivity index (χ1v) is 5.84. The van der Waals surface area contributed by atoms with E-state index < -0.39 is 0 Å². The summed E-state index contributed by atoms with van der Waals surface area (Å²) >= 11 is 1.84. The molecule has 0 saturated heterocycles. The van der Waals surface area contributed by atoms with Gasteiger partial charge < -0.3 is 5.11 Å². The van der Waals surface area contributed by atoms with Crippen molar-refractivity contribution in [1.82, 2.24) is 0 Å². The van der Waals surface area contributed by atoms with Crippen LogP contribution in [0.15, 0.2) is 23.1 Å². The molecular formula is C12H16OS. The minimum atomic E-state index is 0.153. The van der Waals surface area contributed by atoms with Crippen molar-refractivity contribution in [3.8, 4) is 0 Å². The zero-order chi connectivity index (χ0) is 10.2. The molecule has 2 heteroatoms. The lowest BCUT2D eigenvalue weighted by atomic mass is 10.2. The van der Waals surface area contributed by atoms with Crippen LogP contribution in [-0.4, -0.2) is 16.5 Å². The van der Waals surface area contributed by atoms with E-state index in [1.165, 1.54) is 16.0 Å². The molecule has 1 fully saturated rings. The van der Waals surface area contributed by atoms with Gasteiger partial charge in [-0.15, -0.1) is 11.8 Å². The van der Waals surface area contributed by atoms with E-state index >= 15 is 0 Å². The number of hydrogen-bond acceptors (Lipinski definition) is 2. The van der Waals surface area contributed by atoms with Crippen LogP contribution in [0.4, 0.5) is 0 Å². The van der Waals surface area contributed by atoms with E-state index in [2.05, 4.69) is 32.0 Å². The molecule has 76 valence electrons. The Morgan fingerprint density at radius 2 is 2.07 bits per heavy atom. The highest BCUT2D eigenvalue weighted by Gasteiger charge is 2.43. The molecule has 1 nitrogen and oxygen atoms in total. The highest BCUT2D eigenvalue weighted by molar-refractivity contribution is 8.01. The third kappa shape index (κ3) is 1.96. The van der Waals surface area contributed by atoms with Crippen LogP contribution in [0.25, 0.3) is 0 Å². The van der Waals surface area contributed by atoms with Gasteiger partial charge in [0, 0.05) is 9.64 Å². The second kappa shape index (κ2) is 3.59. The number of aliphatic hydroxyl groups is 1. The molecular weight excluding hydrogens is 192 g/mol. The third-order valence-corrected chi connectivity index (χ3v) is 4.40. The van der Waals surface area contributed by atoms with Gasteiger partial charge in [-0.1, -0.05) is 17.7 Å². The van der Waals surface area contributed by atoms with Gasteiger partial charge in [0.15, 0.2) is 0 Å². The molecule has 0 spiro atoms. The van der Waals surface area contributed by atoms with Crippen LogP contribution in [0.1, 0.15) is 24.0 Å². The van der Waals surface area contributed by atoms with Gasteiger partial charge in [0.05, 0.1) is 6.61 Å². The summed E-state index contributed by atoms with van der Waals surface area (Å²) < 4.78 is 0.153. The minimum absolute atomic E-state index is 0.153. The maximum absolute atomic E-state index is 9.24. The zero-order valence-corrected chi connectivity index (χ0v) is 9.53. The van der Waals surface area contributed by atoms with Crippen molar-refractivity contribution in [3.05, 3.63) is 29.3 Å². The Morgan fingerprint density at radius 1 is 1.36 bits per heavy atom. The highest BCUT2D eigenvalue weighted by atomic mass is 32.2. The first kappa shape index (κ1) is 10.1. The molecule has 0 atom stereocenters. The van der Waals surface area contributed by atoms with Crippen LogP contribution in [0.2, 0.25) is 0 Å². The SMILES string of the molecule is Cc1ccc(SC2(CO)CC2)c(C)c1. The summed E-state index contributed by atoms with van der Waals surface area (Å²) in [4.78, 5) is 1.32. The first-order chi connectivity index (χ1) is 6.65. The lowest BCUT2D eigenvalue weighted by Crippen LogP contribution is -2.08. The Morgan fingerprint density at radius 3 is 2.57 bits per heavy atom. The second-order valence-electron chi connectivity index (χ2n) is 4.21. The molecule has 0 aliphatic heterocycles. The van der Waals surface area contributed by atoms with Gasteiger partial charge in [0.1, 0.15) is 0 Å². The molecule has 0 radical (unpaired) electrons. The largest absolute Gasteiger partial charge is 0.395 e.